The summed E-state index contributed by atoms with van der Waals surface area (Å²) in [6.45, 7) is 9.06. The normalized spacial score (nSPS) is 23.6. The minimum atomic E-state index is 0.221. The third-order valence-electron chi connectivity index (χ3n) is 4.75. The monoisotopic (exact) mass is 278 g/mol. The van der Waals surface area contributed by atoms with Crippen molar-refractivity contribution in [1.82, 2.24) is 9.88 Å². The fourth-order valence-electron chi connectivity index (χ4n) is 3.46. The molecule has 0 atom stereocenters. The number of hydrogen-bond donors (Lipinski definition) is 0. The molecule has 1 aromatic rings. The summed E-state index contributed by atoms with van der Waals surface area (Å²) < 4.78 is 0. The molecule has 0 amide bonds. The maximum Gasteiger partial charge on any atom is 0.182 e. The number of nitrogens with zero attached hydrogens (tertiary/aromatic N) is 2. The van der Waals surface area contributed by atoms with Crippen molar-refractivity contribution in [2.45, 2.75) is 52.0 Å². The number of rotatable bonds is 0. The zero-order valence-corrected chi connectivity index (χ0v) is 12.8. The van der Waals surface area contributed by atoms with Crippen LogP contribution in [0.15, 0.2) is 5.51 Å². The Kier molecular flexibility index (Phi) is 3.06. The van der Waals surface area contributed by atoms with Crippen molar-refractivity contribution < 1.29 is 4.79 Å². The Balaban J connectivity index is 1.76. The van der Waals surface area contributed by atoms with Gasteiger partial charge in [0.15, 0.2) is 5.78 Å². The molecule has 1 aliphatic heterocycles. The van der Waals surface area contributed by atoms with Crippen molar-refractivity contribution in [3.63, 3.8) is 0 Å². The van der Waals surface area contributed by atoms with Gasteiger partial charge in [0.25, 0.3) is 0 Å². The van der Waals surface area contributed by atoms with Gasteiger partial charge in [0.2, 0.25) is 0 Å². The number of aromatic nitrogens is 1. The lowest BCUT2D eigenvalue weighted by Crippen LogP contribution is -2.50. The highest BCUT2D eigenvalue weighted by Crippen LogP contribution is 2.45. The van der Waals surface area contributed by atoms with Gasteiger partial charge >= 0.3 is 0 Å². The molecule has 3 rings (SSSR count). The zero-order chi connectivity index (χ0) is 13.7. The molecule has 2 aliphatic rings. The zero-order valence-electron chi connectivity index (χ0n) is 12.0. The van der Waals surface area contributed by atoms with Crippen molar-refractivity contribution in [3.8, 4) is 0 Å². The fourth-order valence-corrected chi connectivity index (χ4v) is 4.41. The predicted molar refractivity (Wildman–Crippen MR) is 77.8 cm³/mol. The lowest BCUT2D eigenvalue weighted by molar-refractivity contribution is 0.0341. The molecule has 1 saturated heterocycles. The van der Waals surface area contributed by atoms with Gasteiger partial charge in [-0.15, -0.1) is 11.3 Å². The van der Waals surface area contributed by atoms with E-state index in [2.05, 4.69) is 30.7 Å². The third kappa shape index (κ3) is 2.36. The van der Waals surface area contributed by atoms with E-state index in [4.69, 9.17) is 0 Å². The van der Waals surface area contributed by atoms with E-state index in [0.29, 0.717) is 6.42 Å². The van der Waals surface area contributed by atoms with Crippen LogP contribution in [0, 0.1) is 5.41 Å². The van der Waals surface area contributed by atoms with Crippen LogP contribution < -0.4 is 0 Å². The van der Waals surface area contributed by atoms with Gasteiger partial charge in [0, 0.05) is 16.8 Å². The summed E-state index contributed by atoms with van der Waals surface area (Å²) >= 11 is 1.66. The number of hydrogen-bond acceptors (Lipinski definition) is 4. The summed E-state index contributed by atoms with van der Waals surface area (Å²) in [6, 6.07) is 0. The summed E-state index contributed by atoms with van der Waals surface area (Å²) in [7, 11) is 0. The Labute approximate surface area is 119 Å². The van der Waals surface area contributed by atoms with Gasteiger partial charge in [0.1, 0.15) is 5.69 Å². The molecule has 3 nitrogen and oxygen atoms in total. The second-order valence-corrected chi connectivity index (χ2v) is 8.00. The summed E-state index contributed by atoms with van der Waals surface area (Å²) in [5.74, 6) is 0.270. The van der Waals surface area contributed by atoms with E-state index in [0.717, 1.165) is 38.0 Å². The van der Waals surface area contributed by atoms with Gasteiger partial charge in [-0.3, -0.25) is 9.69 Å². The average molecular weight is 278 g/mol. The number of likely N-dealkylation sites (tertiary alicyclic amines) is 1. The van der Waals surface area contributed by atoms with Crippen LogP contribution in [0.5, 0.6) is 0 Å². The first-order valence-electron chi connectivity index (χ1n) is 7.10. The highest BCUT2D eigenvalue weighted by Gasteiger charge is 2.43. The Morgan fingerprint density at radius 1 is 1.26 bits per heavy atom. The molecule has 2 heterocycles. The van der Waals surface area contributed by atoms with Gasteiger partial charge in [-0.25, -0.2) is 4.98 Å². The van der Waals surface area contributed by atoms with Gasteiger partial charge in [-0.05, 0) is 58.5 Å². The number of ketones is 1. The second-order valence-electron chi connectivity index (χ2n) is 7.06. The van der Waals surface area contributed by atoms with Gasteiger partial charge in [-0.1, -0.05) is 0 Å². The molecule has 0 bridgehead atoms. The van der Waals surface area contributed by atoms with Crippen molar-refractivity contribution >= 4 is 17.1 Å². The lowest BCUT2D eigenvalue weighted by atomic mass is 9.68. The quantitative estimate of drug-likeness (QED) is 0.731. The SMILES string of the molecule is CC(C)(C)N1CCC2(CC1)CC(=O)c1ncsc1C2. The Morgan fingerprint density at radius 2 is 1.95 bits per heavy atom. The first-order valence-corrected chi connectivity index (χ1v) is 7.98. The maximum absolute atomic E-state index is 12.2. The van der Waals surface area contributed by atoms with Crippen LogP contribution in [-0.4, -0.2) is 34.3 Å². The number of fused-ring (bicyclic) bond motifs is 1. The van der Waals surface area contributed by atoms with Crippen LogP contribution in [0.4, 0.5) is 0 Å². The van der Waals surface area contributed by atoms with Crippen LogP contribution in [0.2, 0.25) is 0 Å². The van der Waals surface area contributed by atoms with Crippen LogP contribution >= 0.6 is 11.3 Å². The summed E-state index contributed by atoms with van der Waals surface area (Å²) in [6.07, 6.45) is 4.07. The summed E-state index contributed by atoms with van der Waals surface area (Å²) in [5, 5.41) is 0. The highest BCUT2D eigenvalue weighted by atomic mass is 32.1. The first-order chi connectivity index (χ1) is 8.90. The largest absolute Gasteiger partial charge is 0.298 e. The number of Topliss-reactive ketones (excluding diaryl/α,β-unsaturated/α-hetero) is 1. The topological polar surface area (TPSA) is 33.2 Å². The van der Waals surface area contributed by atoms with E-state index in [1.54, 1.807) is 11.3 Å². The molecule has 0 aromatic carbocycles. The second kappa shape index (κ2) is 4.38. The molecule has 4 heteroatoms. The molecule has 104 valence electrons. The summed E-state index contributed by atoms with van der Waals surface area (Å²) in [5.41, 5.74) is 3.05. The van der Waals surface area contributed by atoms with Crippen molar-refractivity contribution in [3.05, 3.63) is 16.1 Å². The van der Waals surface area contributed by atoms with Crippen molar-refractivity contribution in [2.24, 2.45) is 5.41 Å². The molecule has 1 spiro atoms. The fraction of sp³-hybridized carbons (Fsp3) is 0.733. The van der Waals surface area contributed by atoms with E-state index in [9.17, 15) is 4.79 Å². The third-order valence-corrected chi connectivity index (χ3v) is 5.58. The Hall–Kier alpha value is -0.740. The average Bonchev–Trinajstić information content (AvgIpc) is 2.76. The number of carbonyl (C=O) groups is 1. The van der Waals surface area contributed by atoms with E-state index < -0.39 is 0 Å². The molecule has 0 saturated carbocycles. The first kappa shape index (κ1) is 13.3. The predicted octanol–water partition coefficient (Wildman–Crippen LogP) is 3.15. The Morgan fingerprint density at radius 3 is 2.58 bits per heavy atom. The smallest absolute Gasteiger partial charge is 0.182 e. The molecule has 1 fully saturated rings. The minimum absolute atomic E-state index is 0.221. The molecular weight excluding hydrogens is 256 g/mol. The molecular formula is C15H22N2OS. The maximum atomic E-state index is 12.2. The van der Waals surface area contributed by atoms with Crippen LogP contribution in [0.1, 0.15) is 55.4 Å². The van der Waals surface area contributed by atoms with Gasteiger partial charge < -0.3 is 0 Å². The van der Waals surface area contributed by atoms with E-state index in [1.165, 1.54) is 4.88 Å². The molecule has 0 unspecified atom stereocenters. The molecule has 1 aromatic heterocycles. The number of piperidine rings is 1. The highest BCUT2D eigenvalue weighted by molar-refractivity contribution is 7.10. The number of carbonyl (C=O) groups excluding carboxylic acids is 1. The van der Waals surface area contributed by atoms with Crippen LogP contribution in [0.25, 0.3) is 0 Å². The molecule has 0 N–H and O–H groups in total. The van der Waals surface area contributed by atoms with Crippen LogP contribution in [0.3, 0.4) is 0 Å². The van der Waals surface area contributed by atoms with E-state index >= 15 is 0 Å². The van der Waals surface area contributed by atoms with Crippen molar-refractivity contribution in [1.29, 1.82) is 0 Å². The molecule has 1 aliphatic carbocycles. The number of thiazole rings is 1. The minimum Gasteiger partial charge on any atom is -0.298 e. The van der Waals surface area contributed by atoms with Crippen molar-refractivity contribution in [2.75, 3.05) is 13.1 Å². The van der Waals surface area contributed by atoms with Gasteiger partial charge in [0.05, 0.1) is 5.51 Å². The lowest BCUT2D eigenvalue weighted by Gasteiger charge is -2.47. The van der Waals surface area contributed by atoms with Crippen LogP contribution in [-0.2, 0) is 6.42 Å². The summed E-state index contributed by atoms with van der Waals surface area (Å²) in [4.78, 5) is 20.2. The van der Waals surface area contributed by atoms with E-state index in [-0.39, 0.29) is 16.7 Å². The van der Waals surface area contributed by atoms with Gasteiger partial charge in [-0.2, -0.15) is 0 Å². The van der Waals surface area contributed by atoms with E-state index in [1.807, 2.05) is 5.51 Å². The molecule has 19 heavy (non-hydrogen) atoms. The standard InChI is InChI=1S/C15H22N2OS/c1-14(2,3)17-6-4-15(5-7-17)8-11(18)13-12(9-15)19-10-16-13/h10H,4-9H2,1-3H3. The Bertz CT molecular complexity index is 492. The molecule has 0 radical (unpaired) electrons.